The van der Waals surface area contributed by atoms with E-state index in [9.17, 15) is 14.4 Å². The number of halogens is 1. The van der Waals surface area contributed by atoms with E-state index in [4.69, 9.17) is 12.2 Å². The van der Waals surface area contributed by atoms with Crippen molar-refractivity contribution in [2.75, 3.05) is 12.0 Å². The fourth-order valence-corrected chi connectivity index (χ4v) is 3.08. The molecule has 1 aliphatic heterocycles. The number of nitrogens with one attached hydrogen (secondary N) is 1. The predicted molar refractivity (Wildman–Crippen MR) is 112 cm³/mol. The van der Waals surface area contributed by atoms with Crippen LogP contribution >= 0.6 is 28.1 Å². The van der Waals surface area contributed by atoms with Crippen LogP contribution in [0, 0.1) is 5.92 Å². The normalized spacial score (nSPS) is 17.0. The lowest BCUT2D eigenvalue weighted by Crippen LogP contribution is -2.58. The van der Waals surface area contributed by atoms with E-state index >= 15 is 0 Å². The molecule has 1 aliphatic rings. The van der Waals surface area contributed by atoms with Gasteiger partial charge in [0, 0.05) is 10.7 Å². The molecule has 1 atom stereocenters. The van der Waals surface area contributed by atoms with Crippen molar-refractivity contribution >= 4 is 68.6 Å². The van der Waals surface area contributed by atoms with Gasteiger partial charge in [-0.1, -0.05) is 15.9 Å². The summed E-state index contributed by atoms with van der Waals surface area (Å²) in [5.41, 5.74) is 1.40. The van der Waals surface area contributed by atoms with E-state index in [-0.39, 0.29) is 5.11 Å². The Kier molecular flexibility index (Phi) is 5.96. The number of carbonyl (C=O) groups excluding carboxylic acids is 3. The zero-order chi connectivity index (χ0) is 20.3. The number of rotatable bonds is 4. The summed E-state index contributed by atoms with van der Waals surface area (Å²) < 4.78 is 5.49. The summed E-state index contributed by atoms with van der Waals surface area (Å²) in [5.74, 6) is -2.63. The first-order valence-corrected chi connectivity index (χ1v) is 9.28. The van der Waals surface area contributed by atoms with Crippen LogP contribution in [-0.4, -0.2) is 36.2 Å². The predicted octanol–water partition coefficient (Wildman–Crippen LogP) is 3.00. The molecule has 0 aliphatic carbocycles. The highest BCUT2D eigenvalue weighted by atomic mass is 79.9. The third-order valence-electron chi connectivity index (χ3n) is 3.95. The first-order valence-electron chi connectivity index (χ1n) is 8.07. The van der Waals surface area contributed by atoms with Crippen molar-refractivity contribution < 1.29 is 19.1 Å². The molecule has 0 saturated carbocycles. The van der Waals surface area contributed by atoms with Crippen molar-refractivity contribution in [1.29, 1.82) is 0 Å². The van der Waals surface area contributed by atoms with Gasteiger partial charge < -0.3 is 10.1 Å². The topological polar surface area (TPSA) is 88.1 Å². The van der Waals surface area contributed by atoms with Gasteiger partial charge in [-0.3, -0.25) is 19.5 Å². The van der Waals surface area contributed by atoms with Gasteiger partial charge in [-0.25, -0.2) is 4.79 Å². The van der Waals surface area contributed by atoms with Crippen LogP contribution in [0.2, 0.25) is 0 Å². The maximum Gasteiger partial charge on any atom is 0.337 e. The maximum absolute atomic E-state index is 12.8. The van der Waals surface area contributed by atoms with Crippen LogP contribution < -0.4 is 10.2 Å². The highest BCUT2D eigenvalue weighted by Gasteiger charge is 2.38. The minimum Gasteiger partial charge on any atom is -0.465 e. The van der Waals surface area contributed by atoms with Crippen LogP contribution in [0.4, 0.5) is 11.4 Å². The molecule has 3 rings (SSSR count). The third kappa shape index (κ3) is 4.15. The van der Waals surface area contributed by atoms with Gasteiger partial charge in [-0.2, -0.15) is 0 Å². The lowest BCUT2D eigenvalue weighted by molar-refractivity contribution is -0.130. The summed E-state index contributed by atoms with van der Waals surface area (Å²) in [4.78, 5) is 42.0. The smallest absolute Gasteiger partial charge is 0.337 e. The molecular weight excluding hydrogens is 446 g/mol. The molecule has 0 aromatic heterocycles. The van der Waals surface area contributed by atoms with E-state index in [0.717, 1.165) is 4.47 Å². The summed E-state index contributed by atoms with van der Waals surface area (Å²) in [5, 5.41) is 2.54. The maximum atomic E-state index is 12.8. The first kappa shape index (κ1) is 19.8. The Labute approximate surface area is 174 Å². The number of nitrogens with zero attached hydrogens (tertiary/aromatic N) is 2. The van der Waals surface area contributed by atoms with Crippen molar-refractivity contribution in [2.45, 2.75) is 0 Å². The molecule has 2 aromatic rings. The Morgan fingerprint density at radius 1 is 1.18 bits per heavy atom. The number of hydrogen-bond acceptors (Lipinski definition) is 6. The number of methoxy groups -OCH3 is 1. The molecule has 0 unspecified atom stereocenters. The number of ether oxygens (including phenoxy) is 1. The van der Waals surface area contributed by atoms with Crippen LogP contribution in [0.5, 0.6) is 0 Å². The Balaban J connectivity index is 1.82. The van der Waals surface area contributed by atoms with Gasteiger partial charge in [-0.05, 0) is 60.7 Å². The van der Waals surface area contributed by atoms with Gasteiger partial charge in [0.1, 0.15) is 0 Å². The van der Waals surface area contributed by atoms with Gasteiger partial charge in [0.15, 0.2) is 11.0 Å². The number of esters is 1. The van der Waals surface area contributed by atoms with E-state index < -0.39 is 23.7 Å². The van der Waals surface area contributed by atoms with Gasteiger partial charge in [0.25, 0.3) is 5.91 Å². The van der Waals surface area contributed by atoms with E-state index in [0.29, 0.717) is 16.9 Å². The zero-order valence-corrected chi connectivity index (χ0v) is 17.0. The average Bonchev–Trinajstić information content (AvgIpc) is 2.69. The Bertz CT molecular complexity index is 974. The lowest BCUT2D eigenvalue weighted by atomic mass is 10.1. The van der Waals surface area contributed by atoms with Gasteiger partial charge in [-0.15, -0.1) is 0 Å². The highest BCUT2D eigenvalue weighted by Crippen LogP contribution is 2.23. The van der Waals surface area contributed by atoms with Crippen molar-refractivity contribution in [3.05, 3.63) is 58.6 Å². The number of amides is 2. The van der Waals surface area contributed by atoms with Crippen LogP contribution in [0.3, 0.4) is 0 Å². The van der Waals surface area contributed by atoms with Crippen LogP contribution in [0.1, 0.15) is 10.4 Å². The SMILES string of the molecule is COC(=O)c1ccc(N=C[C@H]2C(=O)NC(=S)N(c3ccc(Br)cc3)C2=O)cc1. The highest BCUT2D eigenvalue weighted by molar-refractivity contribution is 9.10. The number of carbonyl (C=O) groups is 3. The Hall–Kier alpha value is -2.91. The molecule has 1 N–H and O–H groups in total. The summed E-state index contributed by atoms with van der Waals surface area (Å²) in [6.45, 7) is 0. The quantitative estimate of drug-likeness (QED) is 0.328. The summed E-state index contributed by atoms with van der Waals surface area (Å²) in [7, 11) is 1.29. The third-order valence-corrected chi connectivity index (χ3v) is 4.76. The van der Waals surface area contributed by atoms with Crippen molar-refractivity contribution in [1.82, 2.24) is 5.32 Å². The van der Waals surface area contributed by atoms with E-state index in [2.05, 4.69) is 31.0 Å². The molecule has 2 aromatic carbocycles. The number of hydrogen-bond donors (Lipinski definition) is 1. The Morgan fingerprint density at radius 2 is 1.82 bits per heavy atom. The summed E-state index contributed by atoms with van der Waals surface area (Å²) in [6, 6.07) is 13.2. The minimum atomic E-state index is -1.13. The van der Waals surface area contributed by atoms with Gasteiger partial charge in [0.2, 0.25) is 5.91 Å². The van der Waals surface area contributed by atoms with Crippen LogP contribution in [0.25, 0.3) is 0 Å². The first-order chi connectivity index (χ1) is 13.4. The molecule has 142 valence electrons. The Morgan fingerprint density at radius 3 is 2.43 bits per heavy atom. The largest absolute Gasteiger partial charge is 0.465 e. The molecule has 1 heterocycles. The minimum absolute atomic E-state index is 0.0180. The number of thiocarbonyl (C=S) groups is 1. The molecule has 28 heavy (non-hydrogen) atoms. The van der Waals surface area contributed by atoms with Crippen LogP contribution in [-0.2, 0) is 14.3 Å². The second-order valence-electron chi connectivity index (χ2n) is 5.74. The van der Waals surface area contributed by atoms with Gasteiger partial charge in [0.05, 0.1) is 24.0 Å². The molecule has 7 nitrogen and oxygen atoms in total. The fraction of sp³-hybridized carbons (Fsp3) is 0.105. The number of benzene rings is 2. The molecule has 1 fully saturated rings. The van der Waals surface area contributed by atoms with Gasteiger partial charge >= 0.3 is 5.97 Å². The van der Waals surface area contributed by atoms with E-state index in [1.54, 1.807) is 48.5 Å². The molecule has 0 radical (unpaired) electrons. The average molecular weight is 460 g/mol. The van der Waals surface area contributed by atoms with E-state index in [1.165, 1.54) is 18.2 Å². The summed E-state index contributed by atoms with van der Waals surface area (Å²) in [6.07, 6.45) is 1.26. The van der Waals surface area contributed by atoms with E-state index in [1.807, 2.05) is 0 Å². The lowest BCUT2D eigenvalue weighted by Gasteiger charge is -2.30. The summed E-state index contributed by atoms with van der Waals surface area (Å²) >= 11 is 8.48. The van der Waals surface area contributed by atoms with Crippen molar-refractivity contribution in [3.8, 4) is 0 Å². The second-order valence-corrected chi connectivity index (χ2v) is 7.04. The van der Waals surface area contributed by atoms with Crippen LogP contribution in [0.15, 0.2) is 58.0 Å². The van der Waals surface area contributed by atoms with Crippen molar-refractivity contribution in [2.24, 2.45) is 10.9 Å². The fourth-order valence-electron chi connectivity index (χ4n) is 2.52. The molecular formula is C19H14BrN3O4S. The molecule has 2 amide bonds. The van der Waals surface area contributed by atoms with Crippen molar-refractivity contribution in [3.63, 3.8) is 0 Å². The molecule has 9 heteroatoms. The standard InChI is InChI=1S/C19H14BrN3O4S/c1-27-18(26)11-2-6-13(7-3-11)21-10-15-16(24)22-19(28)23(17(15)25)14-8-4-12(20)5-9-14/h2-10,15H,1H3,(H,22,24,28)/t15-/m0/s1. The molecule has 0 spiro atoms. The molecule has 1 saturated heterocycles. The second kappa shape index (κ2) is 8.41. The molecule has 0 bridgehead atoms. The number of aliphatic imine (C=N–C) groups is 1. The number of anilines is 1. The zero-order valence-electron chi connectivity index (χ0n) is 14.6. The monoisotopic (exact) mass is 459 g/mol.